The van der Waals surface area contributed by atoms with Crippen LogP contribution in [0.15, 0.2) is 18.2 Å². The summed E-state index contributed by atoms with van der Waals surface area (Å²) in [5, 5.41) is 1.16. The van der Waals surface area contributed by atoms with E-state index < -0.39 is 0 Å². The van der Waals surface area contributed by atoms with Crippen molar-refractivity contribution < 1.29 is 0 Å². The number of nitrogens with two attached hydrogens (primary N) is 1. The number of hydrogen-bond acceptors (Lipinski definition) is 3. The lowest BCUT2D eigenvalue weighted by molar-refractivity contribution is 0.485. The van der Waals surface area contributed by atoms with Crippen molar-refractivity contribution in [3.05, 3.63) is 33.8 Å². The highest BCUT2D eigenvalue weighted by Gasteiger charge is 2.34. The normalized spacial score (nSPS) is 28.6. The SMILES string of the molecule is CCCC1NNC(N)C1c1ccc(Cl)c(Cl)c1. The Balaban J connectivity index is 2.26. The molecule has 17 heavy (non-hydrogen) atoms. The zero-order valence-corrected chi connectivity index (χ0v) is 11.2. The molecule has 0 radical (unpaired) electrons. The molecule has 3 nitrogen and oxygen atoms in total. The molecule has 1 fully saturated rings. The number of rotatable bonds is 3. The summed E-state index contributed by atoms with van der Waals surface area (Å²) in [5.41, 5.74) is 13.5. The van der Waals surface area contributed by atoms with Gasteiger partial charge in [0.2, 0.25) is 0 Å². The van der Waals surface area contributed by atoms with Crippen molar-refractivity contribution in [3.63, 3.8) is 0 Å². The number of hydrogen-bond donors (Lipinski definition) is 3. The van der Waals surface area contributed by atoms with Crippen molar-refractivity contribution in [1.29, 1.82) is 0 Å². The molecule has 1 saturated heterocycles. The lowest BCUT2D eigenvalue weighted by Crippen LogP contribution is -2.38. The Morgan fingerprint density at radius 2 is 2.00 bits per heavy atom. The van der Waals surface area contributed by atoms with E-state index in [0.717, 1.165) is 18.4 Å². The molecule has 3 unspecified atom stereocenters. The largest absolute Gasteiger partial charge is 0.314 e. The van der Waals surface area contributed by atoms with Crippen LogP contribution in [0.4, 0.5) is 0 Å². The van der Waals surface area contributed by atoms with Gasteiger partial charge in [-0.2, -0.15) is 0 Å². The fraction of sp³-hybridized carbons (Fsp3) is 0.500. The molecule has 5 heteroatoms. The first kappa shape index (κ1) is 13.1. The minimum atomic E-state index is -0.0937. The van der Waals surface area contributed by atoms with Gasteiger partial charge in [-0.05, 0) is 24.1 Å². The van der Waals surface area contributed by atoms with E-state index in [2.05, 4.69) is 17.8 Å². The maximum absolute atomic E-state index is 6.07. The van der Waals surface area contributed by atoms with Crippen LogP contribution in [0.3, 0.4) is 0 Å². The Bertz CT molecular complexity index is 395. The van der Waals surface area contributed by atoms with Crippen LogP contribution >= 0.6 is 23.2 Å². The quantitative estimate of drug-likeness (QED) is 0.794. The Labute approximate surface area is 112 Å². The number of nitrogens with one attached hydrogen (secondary N) is 2. The Hall–Kier alpha value is -0.320. The Kier molecular flexibility index (Phi) is 4.28. The molecule has 1 aromatic rings. The van der Waals surface area contributed by atoms with E-state index >= 15 is 0 Å². The smallest absolute Gasteiger partial charge is 0.0764 e. The van der Waals surface area contributed by atoms with Gasteiger partial charge in [-0.15, -0.1) is 0 Å². The van der Waals surface area contributed by atoms with E-state index in [1.54, 1.807) is 0 Å². The van der Waals surface area contributed by atoms with Crippen molar-refractivity contribution in [2.45, 2.75) is 37.9 Å². The Morgan fingerprint density at radius 3 is 2.65 bits per heavy atom. The summed E-state index contributed by atoms with van der Waals surface area (Å²) in [7, 11) is 0. The van der Waals surface area contributed by atoms with E-state index in [4.69, 9.17) is 28.9 Å². The maximum Gasteiger partial charge on any atom is 0.0764 e. The highest BCUT2D eigenvalue weighted by atomic mass is 35.5. The zero-order chi connectivity index (χ0) is 12.4. The van der Waals surface area contributed by atoms with Crippen LogP contribution < -0.4 is 16.6 Å². The Morgan fingerprint density at radius 1 is 1.24 bits per heavy atom. The fourth-order valence-electron chi connectivity index (χ4n) is 2.36. The average Bonchev–Trinajstić information content (AvgIpc) is 2.65. The molecule has 1 aliphatic rings. The topological polar surface area (TPSA) is 50.1 Å². The first-order valence-electron chi connectivity index (χ1n) is 5.85. The molecule has 1 aliphatic heterocycles. The van der Waals surface area contributed by atoms with Crippen LogP contribution in [0.5, 0.6) is 0 Å². The summed E-state index contributed by atoms with van der Waals surface area (Å²) in [4.78, 5) is 0. The van der Waals surface area contributed by atoms with Gasteiger partial charge in [-0.3, -0.25) is 5.43 Å². The molecule has 0 spiro atoms. The third kappa shape index (κ3) is 2.75. The van der Waals surface area contributed by atoms with Crippen LogP contribution in [-0.2, 0) is 0 Å². The summed E-state index contributed by atoms with van der Waals surface area (Å²) >= 11 is 12.0. The molecule has 94 valence electrons. The van der Waals surface area contributed by atoms with Crippen LogP contribution in [0.1, 0.15) is 31.2 Å². The predicted molar refractivity (Wildman–Crippen MR) is 72.1 cm³/mol. The molecule has 2 rings (SSSR count). The third-order valence-electron chi connectivity index (χ3n) is 3.18. The van der Waals surface area contributed by atoms with E-state index in [-0.39, 0.29) is 12.1 Å². The first-order valence-corrected chi connectivity index (χ1v) is 6.60. The van der Waals surface area contributed by atoms with Gasteiger partial charge in [0.05, 0.1) is 16.2 Å². The van der Waals surface area contributed by atoms with Gasteiger partial charge in [0.25, 0.3) is 0 Å². The highest BCUT2D eigenvalue weighted by molar-refractivity contribution is 6.42. The summed E-state index contributed by atoms with van der Waals surface area (Å²) in [5.74, 6) is 0.227. The van der Waals surface area contributed by atoms with Crippen LogP contribution in [-0.4, -0.2) is 12.2 Å². The maximum atomic E-state index is 6.07. The highest BCUT2D eigenvalue weighted by Crippen LogP contribution is 2.32. The number of benzene rings is 1. The van der Waals surface area contributed by atoms with Crippen LogP contribution in [0.2, 0.25) is 10.0 Å². The molecule has 0 aromatic heterocycles. The summed E-state index contributed by atoms with van der Waals surface area (Å²) in [6, 6.07) is 6.07. The predicted octanol–water partition coefficient (Wildman–Crippen LogP) is 2.64. The molecular formula is C12H17Cl2N3. The van der Waals surface area contributed by atoms with Crippen LogP contribution in [0.25, 0.3) is 0 Å². The zero-order valence-electron chi connectivity index (χ0n) is 9.71. The van der Waals surface area contributed by atoms with Crippen molar-refractivity contribution in [2.24, 2.45) is 5.73 Å². The van der Waals surface area contributed by atoms with Crippen LogP contribution in [0, 0.1) is 0 Å². The van der Waals surface area contributed by atoms with Gasteiger partial charge < -0.3 is 5.73 Å². The second-order valence-corrected chi connectivity index (χ2v) is 5.22. The standard InChI is InChI=1S/C12H17Cl2N3/c1-2-3-10-11(12(15)17-16-10)7-4-5-8(13)9(14)6-7/h4-6,10-12,16-17H,2-3,15H2,1H3. The fourth-order valence-corrected chi connectivity index (χ4v) is 2.66. The van der Waals surface area contributed by atoms with Crippen molar-refractivity contribution in [3.8, 4) is 0 Å². The van der Waals surface area contributed by atoms with Gasteiger partial charge in [0.15, 0.2) is 0 Å². The van der Waals surface area contributed by atoms with E-state index in [9.17, 15) is 0 Å². The van der Waals surface area contributed by atoms with E-state index in [1.807, 2.05) is 18.2 Å². The van der Waals surface area contributed by atoms with Crippen molar-refractivity contribution in [2.75, 3.05) is 0 Å². The number of hydrazine groups is 1. The number of halogens is 2. The third-order valence-corrected chi connectivity index (χ3v) is 3.92. The van der Waals surface area contributed by atoms with E-state index in [0.29, 0.717) is 16.1 Å². The molecule has 1 aromatic carbocycles. The summed E-state index contributed by atoms with van der Waals surface area (Å²) in [6.45, 7) is 2.16. The first-order chi connectivity index (χ1) is 8.13. The van der Waals surface area contributed by atoms with Gasteiger partial charge in [-0.25, -0.2) is 5.43 Å². The molecular weight excluding hydrogens is 257 g/mol. The van der Waals surface area contributed by atoms with Crippen molar-refractivity contribution in [1.82, 2.24) is 10.9 Å². The molecule has 4 N–H and O–H groups in total. The lowest BCUT2D eigenvalue weighted by atomic mass is 9.88. The van der Waals surface area contributed by atoms with Gasteiger partial charge in [0, 0.05) is 12.0 Å². The molecule has 0 amide bonds. The van der Waals surface area contributed by atoms with Gasteiger partial charge >= 0.3 is 0 Å². The minimum Gasteiger partial charge on any atom is -0.314 e. The molecule has 0 saturated carbocycles. The summed E-state index contributed by atoms with van der Waals surface area (Å²) in [6.07, 6.45) is 2.10. The van der Waals surface area contributed by atoms with E-state index in [1.165, 1.54) is 0 Å². The molecule has 0 bridgehead atoms. The molecule has 3 atom stereocenters. The average molecular weight is 274 g/mol. The minimum absolute atomic E-state index is 0.0937. The second-order valence-electron chi connectivity index (χ2n) is 4.41. The van der Waals surface area contributed by atoms with Gasteiger partial charge in [-0.1, -0.05) is 42.6 Å². The second kappa shape index (κ2) is 5.55. The summed E-state index contributed by atoms with van der Waals surface area (Å²) < 4.78 is 0. The molecule has 0 aliphatic carbocycles. The monoisotopic (exact) mass is 273 g/mol. The molecule has 1 heterocycles. The lowest BCUT2D eigenvalue weighted by Gasteiger charge is -2.21. The van der Waals surface area contributed by atoms with Crippen molar-refractivity contribution >= 4 is 23.2 Å². The van der Waals surface area contributed by atoms with Gasteiger partial charge in [0.1, 0.15) is 0 Å².